The molecule has 2 aromatic carbocycles. The van der Waals surface area contributed by atoms with E-state index in [2.05, 4.69) is 110 Å². The van der Waals surface area contributed by atoms with E-state index >= 15 is 0 Å². The number of rotatable bonds is 26. The second-order valence-electron chi connectivity index (χ2n) is 15.5. The van der Waals surface area contributed by atoms with Crippen LogP contribution in [0.15, 0.2) is 104 Å². The van der Waals surface area contributed by atoms with Crippen molar-refractivity contribution in [3.63, 3.8) is 0 Å². The van der Waals surface area contributed by atoms with Gasteiger partial charge >= 0.3 is 5.97 Å². The maximum atomic E-state index is 11.0. The molecule has 348 valence electrons. The number of nitrogens with one attached hydrogen (secondary N) is 2. The van der Waals surface area contributed by atoms with Crippen molar-refractivity contribution in [3.05, 3.63) is 139 Å². The van der Waals surface area contributed by atoms with Gasteiger partial charge in [0.05, 0.1) is 8.95 Å². The van der Waals surface area contributed by atoms with Crippen molar-refractivity contribution in [2.75, 3.05) is 25.6 Å². The first-order valence-corrected chi connectivity index (χ1v) is 25.8. The Kier molecular flexibility index (Phi) is 20.0. The summed E-state index contributed by atoms with van der Waals surface area (Å²) in [7, 11) is 0. The van der Waals surface area contributed by atoms with E-state index in [-0.39, 0.29) is 19.6 Å². The Morgan fingerprint density at radius 3 is 1.52 bits per heavy atom. The van der Waals surface area contributed by atoms with E-state index in [1.54, 1.807) is 29.7 Å². The van der Waals surface area contributed by atoms with Crippen LogP contribution in [0.2, 0.25) is 0 Å². The highest BCUT2D eigenvalue weighted by molar-refractivity contribution is 9.10. The average molecular weight is 1060 g/mol. The average Bonchev–Trinajstić information content (AvgIpc) is 3.32. The van der Waals surface area contributed by atoms with E-state index < -0.39 is 5.97 Å². The highest BCUT2D eigenvalue weighted by Crippen LogP contribution is 2.35. The molecule has 4 aromatic heterocycles. The Labute approximate surface area is 413 Å². The highest BCUT2D eigenvalue weighted by atomic mass is 79.9. The number of nitrogens with zero attached hydrogens (tertiary/aromatic N) is 4. The molecule has 0 saturated heterocycles. The fraction of sp³-hybridized carbons (Fsp3) is 0.340. The van der Waals surface area contributed by atoms with E-state index in [1.807, 2.05) is 55.4 Å². The van der Waals surface area contributed by atoms with Crippen LogP contribution in [0.4, 0.5) is 0 Å². The monoisotopic (exact) mass is 1060 g/mol. The number of carbonyl (C=O) groups is 1. The van der Waals surface area contributed by atoms with Crippen molar-refractivity contribution < 1.29 is 28.8 Å². The normalized spacial score (nSPS) is 11.1. The zero-order valence-corrected chi connectivity index (χ0v) is 42.7. The number of halogens is 2. The number of hydrogen-bond acceptors (Lipinski definition) is 13. The molecule has 3 N–H and O–H groups in total. The van der Waals surface area contributed by atoms with Crippen LogP contribution in [0.3, 0.4) is 0 Å². The van der Waals surface area contributed by atoms with Gasteiger partial charge in [-0.15, -0.1) is 23.5 Å². The zero-order valence-electron chi connectivity index (χ0n) is 37.9. The predicted molar refractivity (Wildman–Crippen MR) is 270 cm³/mol. The maximum Gasteiger partial charge on any atom is 0.303 e. The molecular formula is C50H56Br2N6O6S2. The number of pyridine rings is 4. The van der Waals surface area contributed by atoms with Crippen LogP contribution >= 0.6 is 55.4 Å². The van der Waals surface area contributed by atoms with E-state index in [0.29, 0.717) is 67.3 Å². The standard InChI is InChI=1S/C50H56Br2N6O6S2/c1-6-7-16-53-24-38-20-44(51)49(57-47(38)61-28-34-18-40(65-4)26-55-22-34)63-30-36-11-8-13-42(32(36)2)43-14-9-12-37(33(43)3)31-64-50-45(52)21-39(25-54-17-10-15-46(59)60)48(58-50)62-29-35-19-41(66-5)27-56-23-35/h8-9,11-14,18-23,26-27,53-54H,6-7,10,15-17,24-25,28-31H2,1-5H3,(H,59,60). The lowest BCUT2D eigenvalue weighted by Crippen LogP contribution is -2.17. The van der Waals surface area contributed by atoms with Gasteiger partial charge in [-0.3, -0.25) is 14.8 Å². The van der Waals surface area contributed by atoms with Gasteiger partial charge in [0, 0.05) is 76.3 Å². The molecule has 0 bridgehead atoms. The van der Waals surface area contributed by atoms with Crippen LogP contribution in [0.25, 0.3) is 11.1 Å². The van der Waals surface area contributed by atoms with Crippen LogP contribution < -0.4 is 29.6 Å². The molecule has 0 fully saturated rings. The molecule has 0 aliphatic heterocycles. The molecule has 0 radical (unpaired) electrons. The maximum absolute atomic E-state index is 11.0. The quantitative estimate of drug-likeness (QED) is 0.0349. The SMILES string of the molecule is CCCCNCc1cc(Br)c(OCc2cccc(-c3cccc(COc4nc(OCc5cncc(SC)c5)c(CNCCCC(=O)O)cc4Br)c3C)c2C)nc1OCc1cncc(SC)c1. The summed E-state index contributed by atoms with van der Waals surface area (Å²) in [4.78, 5) is 31.6. The molecule has 6 rings (SSSR count). The van der Waals surface area contributed by atoms with Gasteiger partial charge in [0.2, 0.25) is 23.5 Å². The number of unbranched alkanes of at least 4 members (excludes halogenated alkanes) is 1. The largest absolute Gasteiger partial charge is 0.481 e. The molecule has 4 heterocycles. The van der Waals surface area contributed by atoms with Gasteiger partial charge in [-0.05, 0) is 142 Å². The third-order valence-electron chi connectivity index (χ3n) is 10.7. The molecule has 12 nitrogen and oxygen atoms in total. The van der Waals surface area contributed by atoms with Crippen molar-refractivity contribution in [1.82, 2.24) is 30.6 Å². The topological polar surface area (TPSA) is 150 Å². The zero-order chi connectivity index (χ0) is 46.8. The summed E-state index contributed by atoms with van der Waals surface area (Å²) in [6.45, 7) is 10.1. The first-order chi connectivity index (χ1) is 32.1. The summed E-state index contributed by atoms with van der Waals surface area (Å²) in [6.07, 6.45) is 14.1. The number of carboxylic acid groups (broad SMARTS) is 1. The minimum Gasteiger partial charge on any atom is -0.481 e. The lowest BCUT2D eigenvalue weighted by molar-refractivity contribution is -0.137. The molecule has 0 aliphatic carbocycles. The summed E-state index contributed by atoms with van der Waals surface area (Å²) >= 11 is 10.7. The minimum atomic E-state index is -0.819. The molecule has 16 heteroatoms. The van der Waals surface area contributed by atoms with E-state index in [4.69, 9.17) is 34.0 Å². The number of ether oxygens (including phenoxy) is 4. The van der Waals surface area contributed by atoms with Crippen LogP contribution in [0, 0.1) is 13.8 Å². The number of aromatic nitrogens is 4. The van der Waals surface area contributed by atoms with Gasteiger partial charge in [-0.1, -0.05) is 49.7 Å². The van der Waals surface area contributed by atoms with Crippen LogP contribution in [-0.2, 0) is 44.3 Å². The third kappa shape index (κ3) is 14.6. The molecule has 0 amide bonds. The van der Waals surface area contributed by atoms with Gasteiger partial charge < -0.3 is 34.7 Å². The smallest absolute Gasteiger partial charge is 0.303 e. The lowest BCUT2D eigenvalue weighted by atomic mass is 9.92. The van der Waals surface area contributed by atoms with E-state index in [1.165, 1.54) is 0 Å². The predicted octanol–water partition coefficient (Wildman–Crippen LogP) is 11.7. The Hall–Kier alpha value is -4.71. The van der Waals surface area contributed by atoms with E-state index in [9.17, 15) is 4.79 Å². The Balaban J connectivity index is 1.17. The first kappa shape index (κ1) is 50.7. The highest BCUT2D eigenvalue weighted by Gasteiger charge is 2.18. The number of benzene rings is 2. The van der Waals surface area contributed by atoms with Crippen molar-refractivity contribution in [2.45, 2.75) is 95.8 Å². The van der Waals surface area contributed by atoms with Crippen molar-refractivity contribution >= 4 is 61.4 Å². The number of hydrogen-bond donors (Lipinski definition) is 3. The van der Waals surface area contributed by atoms with Gasteiger partial charge in [0.15, 0.2) is 0 Å². The first-order valence-electron chi connectivity index (χ1n) is 21.7. The van der Waals surface area contributed by atoms with Crippen LogP contribution in [0.1, 0.15) is 77.1 Å². The lowest BCUT2D eigenvalue weighted by Gasteiger charge is -2.18. The molecule has 0 spiro atoms. The molecule has 0 saturated carbocycles. The second-order valence-corrected chi connectivity index (χ2v) is 19.0. The van der Waals surface area contributed by atoms with Crippen LogP contribution in [0.5, 0.6) is 23.5 Å². The summed E-state index contributed by atoms with van der Waals surface area (Å²) in [5.74, 6) is 0.968. The molecule has 6 aromatic rings. The minimum absolute atomic E-state index is 0.0948. The molecule has 0 unspecified atom stereocenters. The summed E-state index contributed by atoms with van der Waals surface area (Å²) in [5, 5.41) is 15.9. The second kappa shape index (κ2) is 26.0. The van der Waals surface area contributed by atoms with Crippen molar-refractivity contribution in [3.8, 4) is 34.6 Å². The number of thioether (sulfide) groups is 2. The summed E-state index contributed by atoms with van der Waals surface area (Å²) < 4.78 is 26.9. The summed E-state index contributed by atoms with van der Waals surface area (Å²) in [6, 6.07) is 20.6. The van der Waals surface area contributed by atoms with Crippen molar-refractivity contribution in [2.24, 2.45) is 0 Å². The van der Waals surface area contributed by atoms with Crippen LogP contribution in [-0.4, -0.2) is 56.6 Å². The van der Waals surface area contributed by atoms with Gasteiger partial charge in [-0.25, -0.2) is 0 Å². The molecule has 66 heavy (non-hydrogen) atoms. The van der Waals surface area contributed by atoms with E-state index in [0.717, 1.165) is 89.3 Å². The van der Waals surface area contributed by atoms with Gasteiger partial charge in [0.25, 0.3) is 0 Å². The van der Waals surface area contributed by atoms with Gasteiger partial charge in [-0.2, -0.15) is 9.97 Å². The Morgan fingerprint density at radius 1 is 0.621 bits per heavy atom. The molecule has 0 atom stereocenters. The molecular weight excluding hydrogens is 1000 g/mol. The van der Waals surface area contributed by atoms with Gasteiger partial charge in [0.1, 0.15) is 26.4 Å². The summed E-state index contributed by atoms with van der Waals surface area (Å²) in [5.41, 5.74) is 10.0. The fourth-order valence-electron chi connectivity index (χ4n) is 6.97. The fourth-order valence-corrected chi connectivity index (χ4v) is 8.80. The Morgan fingerprint density at radius 2 is 1.08 bits per heavy atom. The number of carboxylic acids is 1. The molecule has 0 aliphatic rings. The Bertz CT molecular complexity index is 2570. The third-order valence-corrected chi connectivity index (χ3v) is 13.2. The van der Waals surface area contributed by atoms with Crippen molar-refractivity contribution in [1.29, 1.82) is 0 Å². The number of aliphatic carboxylic acids is 1.